The normalized spacial score (nSPS) is 14.0. The lowest BCUT2D eigenvalue weighted by atomic mass is 10.1. The minimum absolute atomic E-state index is 0.148. The quantitative estimate of drug-likeness (QED) is 0.636. The second kappa shape index (κ2) is 10.9. The van der Waals surface area contributed by atoms with Gasteiger partial charge >= 0.3 is 18.1 Å². The van der Waals surface area contributed by atoms with Crippen molar-refractivity contribution in [1.29, 1.82) is 0 Å². The van der Waals surface area contributed by atoms with Gasteiger partial charge in [0.1, 0.15) is 0 Å². The average Bonchev–Trinajstić information content (AvgIpc) is 2.82. The largest absolute Gasteiger partial charge is 0.471 e. The third kappa shape index (κ3) is 7.01. The van der Waals surface area contributed by atoms with Crippen LogP contribution < -0.4 is 5.32 Å². The smallest absolute Gasteiger partial charge is 0.378 e. The SMILES string of the molecule is O=C(CNC(=O)C(F)(F)F)c1ccc(CN(Cc2ccncc2)C(=O)N2CCOCC2)cc1. The van der Waals surface area contributed by atoms with Gasteiger partial charge in [0.15, 0.2) is 5.78 Å². The number of rotatable bonds is 7. The molecular weight excluding hydrogens is 441 g/mol. The number of carbonyl (C=O) groups excluding carboxylic acids is 3. The van der Waals surface area contributed by atoms with Crippen LogP contribution in [-0.4, -0.2) is 71.5 Å². The topological polar surface area (TPSA) is 91.8 Å². The Morgan fingerprint density at radius 1 is 0.970 bits per heavy atom. The number of morpholine rings is 1. The maximum Gasteiger partial charge on any atom is 0.471 e. The summed E-state index contributed by atoms with van der Waals surface area (Å²) in [5.41, 5.74) is 1.79. The van der Waals surface area contributed by atoms with Crippen LogP contribution in [0.3, 0.4) is 0 Å². The Morgan fingerprint density at radius 3 is 2.12 bits per heavy atom. The van der Waals surface area contributed by atoms with E-state index in [1.165, 1.54) is 12.1 Å². The van der Waals surface area contributed by atoms with Gasteiger partial charge in [-0.1, -0.05) is 24.3 Å². The lowest BCUT2D eigenvalue weighted by molar-refractivity contribution is -0.173. The first-order chi connectivity index (χ1) is 15.7. The number of urea groups is 1. The molecule has 8 nitrogen and oxygen atoms in total. The number of halogens is 3. The van der Waals surface area contributed by atoms with E-state index in [-0.39, 0.29) is 18.1 Å². The summed E-state index contributed by atoms with van der Waals surface area (Å²) in [4.78, 5) is 43.4. The van der Waals surface area contributed by atoms with E-state index in [1.54, 1.807) is 39.6 Å². The highest BCUT2D eigenvalue weighted by molar-refractivity contribution is 5.99. The Morgan fingerprint density at radius 2 is 1.55 bits per heavy atom. The zero-order valence-corrected chi connectivity index (χ0v) is 17.7. The Balaban J connectivity index is 1.67. The number of nitrogens with one attached hydrogen (secondary N) is 1. The van der Waals surface area contributed by atoms with E-state index >= 15 is 0 Å². The number of carbonyl (C=O) groups is 3. The number of hydrogen-bond acceptors (Lipinski definition) is 5. The van der Waals surface area contributed by atoms with Crippen molar-refractivity contribution < 1.29 is 32.3 Å². The molecule has 0 unspecified atom stereocenters. The third-order valence-electron chi connectivity index (χ3n) is 4.99. The van der Waals surface area contributed by atoms with Gasteiger partial charge in [0.2, 0.25) is 0 Å². The van der Waals surface area contributed by atoms with Crippen LogP contribution in [0.15, 0.2) is 48.8 Å². The molecule has 0 aliphatic carbocycles. The van der Waals surface area contributed by atoms with Crippen LogP contribution in [0.5, 0.6) is 0 Å². The monoisotopic (exact) mass is 464 g/mol. The summed E-state index contributed by atoms with van der Waals surface area (Å²) >= 11 is 0. The first-order valence-corrected chi connectivity index (χ1v) is 10.2. The van der Waals surface area contributed by atoms with Gasteiger partial charge < -0.3 is 19.9 Å². The zero-order chi connectivity index (χ0) is 23.8. The molecule has 33 heavy (non-hydrogen) atoms. The molecule has 0 bridgehead atoms. The van der Waals surface area contributed by atoms with Crippen molar-refractivity contribution in [2.45, 2.75) is 19.3 Å². The minimum Gasteiger partial charge on any atom is -0.378 e. The second-order valence-corrected chi connectivity index (χ2v) is 7.39. The van der Waals surface area contributed by atoms with Gasteiger partial charge in [0.05, 0.1) is 19.8 Å². The second-order valence-electron chi connectivity index (χ2n) is 7.39. The zero-order valence-electron chi connectivity index (χ0n) is 17.7. The Bertz CT molecular complexity index is 962. The maximum absolute atomic E-state index is 13.1. The van der Waals surface area contributed by atoms with Crippen molar-refractivity contribution in [3.63, 3.8) is 0 Å². The predicted molar refractivity (Wildman–Crippen MR) is 111 cm³/mol. The molecule has 1 aromatic heterocycles. The molecule has 0 atom stereocenters. The number of pyridine rings is 1. The van der Waals surface area contributed by atoms with Gasteiger partial charge in [0, 0.05) is 44.1 Å². The minimum atomic E-state index is -5.05. The van der Waals surface area contributed by atoms with Crippen LogP contribution in [0.4, 0.5) is 18.0 Å². The summed E-state index contributed by atoms with van der Waals surface area (Å²) in [5, 5.41) is 1.56. The summed E-state index contributed by atoms with van der Waals surface area (Å²) in [5.74, 6) is -2.82. The fraction of sp³-hybridized carbons (Fsp3) is 0.364. The van der Waals surface area contributed by atoms with Crippen LogP contribution in [-0.2, 0) is 22.6 Å². The van der Waals surface area contributed by atoms with E-state index in [0.717, 1.165) is 11.1 Å². The molecule has 11 heteroatoms. The molecule has 176 valence electrons. The fourth-order valence-corrected chi connectivity index (χ4v) is 3.23. The molecule has 1 saturated heterocycles. The molecule has 2 aromatic rings. The first-order valence-electron chi connectivity index (χ1n) is 10.2. The molecule has 1 aliphatic heterocycles. The molecule has 3 rings (SSSR count). The summed E-state index contributed by atoms with van der Waals surface area (Å²) < 4.78 is 42.1. The number of ether oxygens (including phenoxy) is 1. The summed E-state index contributed by atoms with van der Waals surface area (Å²) in [7, 11) is 0. The van der Waals surface area contributed by atoms with Crippen LogP contribution in [0, 0.1) is 0 Å². The predicted octanol–water partition coefficient (Wildman–Crippen LogP) is 2.40. The van der Waals surface area contributed by atoms with Gasteiger partial charge in [-0.15, -0.1) is 0 Å². The maximum atomic E-state index is 13.1. The average molecular weight is 464 g/mol. The number of Topliss-reactive ketones (excluding diaryl/α,β-unsaturated/α-hetero) is 1. The van der Waals surface area contributed by atoms with Gasteiger partial charge in [-0.25, -0.2) is 4.79 Å². The summed E-state index contributed by atoms with van der Waals surface area (Å²) in [6.07, 6.45) is -1.76. The number of aromatic nitrogens is 1. The molecule has 1 fully saturated rings. The van der Waals surface area contributed by atoms with Crippen molar-refractivity contribution in [3.8, 4) is 0 Å². The van der Waals surface area contributed by atoms with Gasteiger partial charge in [-0.3, -0.25) is 14.6 Å². The molecule has 3 amide bonds. The molecule has 0 radical (unpaired) electrons. The number of nitrogens with zero attached hydrogens (tertiary/aromatic N) is 3. The van der Waals surface area contributed by atoms with Crippen molar-refractivity contribution in [2.75, 3.05) is 32.8 Å². The van der Waals surface area contributed by atoms with E-state index in [9.17, 15) is 27.6 Å². The van der Waals surface area contributed by atoms with E-state index in [1.807, 2.05) is 12.1 Å². The Kier molecular flexibility index (Phi) is 7.99. The van der Waals surface area contributed by atoms with E-state index < -0.39 is 24.4 Å². The first kappa shape index (κ1) is 24.2. The Labute approximate surface area is 188 Å². The summed E-state index contributed by atoms with van der Waals surface area (Å²) in [6.45, 7) is 1.76. The highest BCUT2D eigenvalue weighted by atomic mass is 19.4. The van der Waals surface area contributed by atoms with Crippen molar-refractivity contribution in [1.82, 2.24) is 20.1 Å². The standard InChI is InChI=1S/C22H23F3N4O4/c23-22(24,25)20(31)27-13-19(30)18-3-1-16(2-4-18)14-29(15-17-5-7-26-8-6-17)21(32)28-9-11-33-12-10-28/h1-8H,9-15H2,(H,27,31). The van der Waals surface area contributed by atoms with Gasteiger partial charge in [-0.05, 0) is 23.3 Å². The molecule has 1 aromatic carbocycles. The van der Waals surface area contributed by atoms with Gasteiger partial charge in [0.25, 0.3) is 0 Å². The van der Waals surface area contributed by atoms with Crippen LogP contribution in [0.2, 0.25) is 0 Å². The van der Waals surface area contributed by atoms with E-state index in [0.29, 0.717) is 32.8 Å². The highest BCUT2D eigenvalue weighted by Crippen LogP contribution is 2.16. The fourth-order valence-electron chi connectivity index (χ4n) is 3.23. The molecule has 0 spiro atoms. The molecule has 2 heterocycles. The lowest BCUT2D eigenvalue weighted by Gasteiger charge is -2.33. The number of ketones is 1. The van der Waals surface area contributed by atoms with Crippen LogP contribution in [0.1, 0.15) is 21.5 Å². The van der Waals surface area contributed by atoms with Crippen molar-refractivity contribution >= 4 is 17.7 Å². The van der Waals surface area contributed by atoms with Crippen LogP contribution in [0.25, 0.3) is 0 Å². The molecule has 1 N–H and O–H groups in total. The van der Waals surface area contributed by atoms with Crippen molar-refractivity contribution in [2.24, 2.45) is 0 Å². The molecule has 1 aliphatic rings. The number of benzene rings is 1. The number of amides is 3. The van der Waals surface area contributed by atoms with Crippen molar-refractivity contribution in [3.05, 3.63) is 65.5 Å². The molecular formula is C22H23F3N4O4. The highest BCUT2D eigenvalue weighted by Gasteiger charge is 2.38. The molecule has 0 saturated carbocycles. The number of alkyl halides is 3. The lowest BCUT2D eigenvalue weighted by Crippen LogP contribution is -2.47. The van der Waals surface area contributed by atoms with E-state index in [4.69, 9.17) is 4.74 Å². The third-order valence-corrected chi connectivity index (χ3v) is 4.99. The summed E-state index contributed by atoms with van der Waals surface area (Å²) in [6, 6.07) is 9.66. The van der Waals surface area contributed by atoms with Crippen LogP contribution >= 0.6 is 0 Å². The Hall–Kier alpha value is -3.47. The van der Waals surface area contributed by atoms with Gasteiger partial charge in [-0.2, -0.15) is 13.2 Å². The van der Waals surface area contributed by atoms with E-state index in [2.05, 4.69) is 4.98 Å². The number of hydrogen-bond donors (Lipinski definition) is 1.